The largest absolute Gasteiger partial charge is 0.493 e. The summed E-state index contributed by atoms with van der Waals surface area (Å²) in [6, 6.07) is 20.9. The average molecular weight is 516 g/mol. The minimum atomic E-state index is -0.775. The van der Waals surface area contributed by atoms with Crippen LogP contribution >= 0.6 is 0 Å². The number of nitro benzene ring substituents is 2. The molecule has 0 atom stereocenters. The Morgan fingerprint density at radius 2 is 1.66 bits per heavy atom. The number of carbonyl (C=O) groups is 1. The van der Waals surface area contributed by atoms with Gasteiger partial charge in [-0.2, -0.15) is 5.10 Å². The SMILES string of the molecule is COc1cc(/C=N/NC(=O)COc2cccc3ccccc23)ccc1Oc1ccc([N+](=O)[O-])cc1[N+](=O)[O-]. The first-order valence-corrected chi connectivity index (χ1v) is 11.1. The Kier molecular flexibility index (Phi) is 7.72. The maximum Gasteiger partial charge on any atom is 0.318 e. The van der Waals surface area contributed by atoms with E-state index in [2.05, 4.69) is 10.5 Å². The zero-order valence-corrected chi connectivity index (χ0v) is 19.9. The van der Waals surface area contributed by atoms with Gasteiger partial charge in [-0.05, 0) is 41.3 Å². The number of hydrogen-bond donors (Lipinski definition) is 1. The highest BCUT2D eigenvalue weighted by molar-refractivity contribution is 5.89. The lowest BCUT2D eigenvalue weighted by atomic mass is 10.1. The van der Waals surface area contributed by atoms with Crippen LogP contribution in [0.25, 0.3) is 10.8 Å². The van der Waals surface area contributed by atoms with Crippen molar-refractivity contribution in [1.82, 2.24) is 5.43 Å². The van der Waals surface area contributed by atoms with Crippen molar-refractivity contribution >= 4 is 34.3 Å². The number of amides is 1. The second-order valence-corrected chi connectivity index (χ2v) is 7.74. The molecule has 0 aliphatic rings. The number of methoxy groups -OCH3 is 1. The number of fused-ring (bicyclic) bond motifs is 1. The Morgan fingerprint density at radius 3 is 2.42 bits per heavy atom. The van der Waals surface area contributed by atoms with Gasteiger partial charge in [0.1, 0.15) is 5.75 Å². The molecule has 0 saturated carbocycles. The Morgan fingerprint density at radius 1 is 0.895 bits per heavy atom. The van der Waals surface area contributed by atoms with Crippen LogP contribution in [0, 0.1) is 20.2 Å². The lowest BCUT2D eigenvalue weighted by Gasteiger charge is -2.11. The van der Waals surface area contributed by atoms with Crippen LogP contribution in [0.15, 0.2) is 84.0 Å². The Labute approximate surface area is 215 Å². The first-order valence-electron chi connectivity index (χ1n) is 11.1. The summed E-state index contributed by atoms with van der Waals surface area (Å²) < 4.78 is 16.5. The first-order chi connectivity index (χ1) is 18.4. The number of nitrogens with zero attached hydrogens (tertiary/aromatic N) is 3. The van der Waals surface area contributed by atoms with Gasteiger partial charge in [0.05, 0.1) is 29.2 Å². The molecule has 38 heavy (non-hydrogen) atoms. The van der Waals surface area contributed by atoms with Crippen LogP contribution in [0.3, 0.4) is 0 Å². The van der Waals surface area contributed by atoms with Gasteiger partial charge in [0.25, 0.3) is 11.6 Å². The highest BCUT2D eigenvalue weighted by Crippen LogP contribution is 2.38. The highest BCUT2D eigenvalue weighted by Gasteiger charge is 2.22. The van der Waals surface area contributed by atoms with E-state index in [-0.39, 0.29) is 23.9 Å². The summed E-state index contributed by atoms with van der Waals surface area (Å²) in [6.45, 7) is -0.241. The molecule has 192 valence electrons. The molecule has 1 amide bonds. The second kappa shape index (κ2) is 11.5. The van der Waals surface area contributed by atoms with Crippen molar-refractivity contribution < 1.29 is 28.9 Å². The molecular weight excluding hydrogens is 496 g/mol. The van der Waals surface area contributed by atoms with E-state index in [9.17, 15) is 25.0 Å². The van der Waals surface area contributed by atoms with Gasteiger partial charge in [-0.1, -0.05) is 36.4 Å². The van der Waals surface area contributed by atoms with Crippen molar-refractivity contribution in [3.05, 3.63) is 105 Å². The highest BCUT2D eigenvalue weighted by atomic mass is 16.6. The number of rotatable bonds is 10. The maximum absolute atomic E-state index is 12.2. The second-order valence-electron chi connectivity index (χ2n) is 7.74. The van der Waals surface area contributed by atoms with Gasteiger partial charge in [-0.3, -0.25) is 25.0 Å². The van der Waals surface area contributed by atoms with Crippen LogP contribution in [0.5, 0.6) is 23.0 Å². The van der Waals surface area contributed by atoms with Crippen LogP contribution in [0.2, 0.25) is 0 Å². The van der Waals surface area contributed by atoms with Gasteiger partial charge in [-0.25, -0.2) is 5.43 Å². The molecular formula is C26H20N4O8. The van der Waals surface area contributed by atoms with Crippen LogP contribution in [-0.4, -0.2) is 35.7 Å². The lowest BCUT2D eigenvalue weighted by molar-refractivity contribution is -0.394. The van der Waals surface area contributed by atoms with Gasteiger partial charge >= 0.3 is 5.69 Å². The van der Waals surface area contributed by atoms with E-state index in [1.807, 2.05) is 36.4 Å². The number of hydrogen-bond acceptors (Lipinski definition) is 9. The number of ether oxygens (including phenoxy) is 3. The fourth-order valence-corrected chi connectivity index (χ4v) is 3.49. The number of nitrogens with one attached hydrogen (secondary N) is 1. The number of hydrazone groups is 1. The normalized spacial score (nSPS) is 10.8. The molecule has 0 spiro atoms. The van der Waals surface area contributed by atoms with E-state index in [1.165, 1.54) is 25.5 Å². The molecule has 12 heteroatoms. The Hall–Kier alpha value is -5.52. The van der Waals surface area contributed by atoms with Crippen molar-refractivity contribution in [2.45, 2.75) is 0 Å². The van der Waals surface area contributed by atoms with Crippen LogP contribution in [0.1, 0.15) is 5.56 Å². The molecule has 0 aromatic heterocycles. The molecule has 0 saturated heterocycles. The fourth-order valence-electron chi connectivity index (χ4n) is 3.49. The molecule has 0 bridgehead atoms. The zero-order chi connectivity index (χ0) is 27.1. The number of nitro groups is 2. The van der Waals surface area contributed by atoms with E-state index in [1.54, 1.807) is 12.1 Å². The van der Waals surface area contributed by atoms with Crippen molar-refractivity contribution in [3.63, 3.8) is 0 Å². The van der Waals surface area contributed by atoms with Crippen molar-refractivity contribution in [3.8, 4) is 23.0 Å². The molecule has 12 nitrogen and oxygen atoms in total. The predicted molar refractivity (Wildman–Crippen MR) is 138 cm³/mol. The topological polar surface area (TPSA) is 155 Å². The van der Waals surface area contributed by atoms with Crippen molar-refractivity contribution in [2.24, 2.45) is 5.10 Å². The molecule has 0 unspecified atom stereocenters. The van der Waals surface area contributed by atoms with Gasteiger partial charge in [0.15, 0.2) is 18.1 Å². The third kappa shape index (κ3) is 5.99. The number of carbonyl (C=O) groups excluding carboxylic acids is 1. The monoisotopic (exact) mass is 516 g/mol. The summed E-state index contributed by atoms with van der Waals surface area (Å²) in [5, 5.41) is 28.1. The van der Waals surface area contributed by atoms with Gasteiger partial charge < -0.3 is 14.2 Å². The number of non-ortho nitro benzene ring substituents is 1. The van der Waals surface area contributed by atoms with Gasteiger partial charge in [0, 0.05) is 11.5 Å². The zero-order valence-electron chi connectivity index (χ0n) is 19.9. The molecule has 0 radical (unpaired) electrons. The Bertz CT molecular complexity index is 1550. The lowest BCUT2D eigenvalue weighted by Crippen LogP contribution is -2.24. The summed E-state index contributed by atoms with van der Waals surface area (Å²) in [5.41, 5.74) is 1.90. The summed E-state index contributed by atoms with van der Waals surface area (Å²) in [5.74, 6) is 0.266. The van der Waals surface area contributed by atoms with E-state index >= 15 is 0 Å². The molecule has 4 aromatic rings. The molecule has 0 fully saturated rings. The van der Waals surface area contributed by atoms with Gasteiger partial charge in [0.2, 0.25) is 5.75 Å². The molecule has 0 aliphatic heterocycles. The van der Waals surface area contributed by atoms with Crippen LogP contribution in [0.4, 0.5) is 11.4 Å². The summed E-state index contributed by atoms with van der Waals surface area (Å²) in [7, 11) is 1.37. The molecule has 0 aliphatic carbocycles. The summed E-state index contributed by atoms with van der Waals surface area (Å²) in [4.78, 5) is 33.0. The Balaban J connectivity index is 1.40. The van der Waals surface area contributed by atoms with E-state index < -0.39 is 27.1 Å². The molecule has 4 rings (SSSR count). The van der Waals surface area contributed by atoms with E-state index in [0.29, 0.717) is 11.3 Å². The fraction of sp³-hybridized carbons (Fsp3) is 0.0769. The number of benzene rings is 4. The first kappa shape index (κ1) is 25.6. The van der Waals surface area contributed by atoms with E-state index in [0.717, 1.165) is 29.0 Å². The molecule has 4 aromatic carbocycles. The average Bonchev–Trinajstić information content (AvgIpc) is 2.92. The van der Waals surface area contributed by atoms with Crippen LogP contribution < -0.4 is 19.6 Å². The van der Waals surface area contributed by atoms with Gasteiger partial charge in [-0.15, -0.1) is 0 Å². The van der Waals surface area contributed by atoms with Crippen molar-refractivity contribution in [1.29, 1.82) is 0 Å². The third-order valence-electron chi connectivity index (χ3n) is 5.27. The minimum Gasteiger partial charge on any atom is -0.493 e. The molecule has 1 N–H and O–H groups in total. The predicted octanol–water partition coefficient (Wildman–Crippen LogP) is 4.99. The molecule has 0 heterocycles. The minimum absolute atomic E-state index is 0.133. The smallest absolute Gasteiger partial charge is 0.318 e. The maximum atomic E-state index is 12.2. The van der Waals surface area contributed by atoms with Crippen LogP contribution in [-0.2, 0) is 4.79 Å². The third-order valence-corrected chi connectivity index (χ3v) is 5.27. The van der Waals surface area contributed by atoms with Crippen molar-refractivity contribution in [2.75, 3.05) is 13.7 Å². The quantitative estimate of drug-likeness (QED) is 0.176. The standard InChI is InChI=1S/C26H20N4O8/c1-36-25-13-17(9-11-24(25)38-23-12-10-19(29(32)33)14-21(23)30(34)35)15-27-28-26(31)16-37-22-8-4-6-18-5-2-3-7-20(18)22/h2-15H,16H2,1H3,(H,28,31)/b27-15+. The summed E-state index contributed by atoms with van der Waals surface area (Å²) in [6.07, 6.45) is 1.37. The van der Waals surface area contributed by atoms with E-state index in [4.69, 9.17) is 14.2 Å². The summed E-state index contributed by atoms with van der Waals surface area (Å²) >= 11 is 0.